The van der Waals surface area contributed by atoms with Gasteiger partial charge in [-0.05, 0) is 26.4 Å². The molecule has 1 amide bonds. The van der Waals surface area contributed by atoms with Crippen molar-refractivity contribution in [3.8, 4) is 0 Å². The zero-order valence-electron chi connectivity index (χ0n) is 11.7. The molecule has 0 spiro atoms. The Morgan fingerprint density at radius 3 is 2.74 bits per heavy atom. The largest absolute Gasteiger partial charge is 0.481 e. The molecule has 110 valence electrons. The molecule has 1 aliphatic rings. The zero-order chi connectivity index (χ0) is 14.3. The fraction of sp³-hybridized carbons (Fsp3) is 0.846. The molecule has 0 aromatic heterocycles. The van der Waals surface area contributed by atoms with Gasteiger partial charge in [0.05, 0.1) is 19.3 Å². The highest BCUT2D eigenvalue weighted by atomic mass is 16.5. The monoisotopic (exact) mass is 272 g/mol. The van der Waals surface area contributed by atoms with E-state index in [1.165, 1.54) is 0 Å². The number of ether oxygens (including phenoxy) is 1. The van der Waals surface area contributed by atoms with Crippen LogP contribution in [-0.2, 0) is 14.3 Å². The lowest BCUT2D eigenvalue weighted by molar-refractivity contribution is -0.145. The average Bonchev–Trinajstić information content (AvgIpc) is 2.85. The molecular formula is C13H24N2O4. The van der Waals surface area contributed by atoms with E-state index >= 15 is 0 Å². The summed E-state index contributed by atoms with van der Waals surface area (Å²) >= 11 is 0. The number of carbonyl (C=O) groups excluding carboxylic acids is 1. The smallest absolute Gasteiger partial charge is 0.311 e. The highest BCUT2D eigenvalue weighted by Gasteiger charge is 2.39. The molecule has 1 heterocycles. The molecule has 1 saturated heterocycles. The number of rotatable bonds is 8. The minimum absolute atomic E-state index is 0.0267. The topological polar surface area (TPSA) is 78.9 Å². The number of hydrogen-bond acceptors (Lipinski definition) is 4. The van der Waals surface area contributed by atoms with Crippen LogP contribution < -0.4 is 5.32 Å². The lowest BCUT2D eigenvalue weighted by atomic mass is 10.0. The van der Waals surface area contributed by atoms with Gasteiger partial charge in [0.15, 0.2) is 0 Å². The van der Waals surface area contributed by atoms with Crippen LogP contribution in [0.5, 0.6) is 0 Å². The van der Waals surface area contributed by atoms with Crippen molar-refractivity contribution < 1.29 is 19.4 Å². The van der Waals surface area contributed by atoms with Crippen LogP contribution >= 0.6 is 0 Å². The molecule has 0 radical (unpaired) electrons. The Labute approximate surface area is 114 Å². The van der Waals surface area contributed by atoms with Gasteiger partial charge in [-0.2, -0.15) is 0 Å². The molecule has 6 nitrogen and oxygen atoms in total. The molecule has 0 aromatic rings. The van der Waals surface area contributed by atoms with Crippen molar-refractivity contribution in [1.82, 2.24) is 10.2 Å². The second kappa shape index (κ2) is 8.12. The lowest BCUT2D eigenvalue weighted by Crippen LogP contribution is -2.47. The van der Waals surface area contributed by atoms with Crippen molar-refractivity contribution in [3.63, 3.8) is 0 Å². The van der Waals surface area contributed by atoms with Gasteiger partial charge in [-0.15, -0.1) is 0 Å². The summed E-state index contributed by atoms with van der Waals surface area (Å²) in [6.07, 6.45) is 2.03. The number of carbonyl (C=O) groups is 2. The van der Waals surface area contributed by atoms with Gasteiger partial charge >= 0.3 is 5.97 Å². The van der Waals surface area contributed by atoms with Gasteiger partial charge in [-0.25, -0.2) is 0 Å². The number of amides is 1. The van der Waals surface area contributed by atoms with Crippen LogP contribution in [0.1, 0.15) is 26.2 Å². The molecule has 0 aliphatic carbocycles. The maximum Gasteiger partial charge on any atom is 0.311 e. The highest BCUT2D eigenvalue weighted by molar-refractivity contribution is 5.78. The van der Waals surface area contributed by atoms with E-state index in [0.29, 0.717) is 19.6 Å². The van der Waals surface area contributed by atoms with Gasteiger partial charge in [0, 0.05) is 13.0 Å². The number of hydrogen-bond donors (Lipinski definition) is 2. The predicted molar refractivity (Wildman–Crippen MR) is 70.9 cm³/mol. The normalized spacial score (nSPS) is 22.4. The number of carboxylic acids is 1. The minimum atomic E-state index is -0.883. The van der Waals surface area contributed by atoms with E-state index in [9.17, 15) is 9.59 Å². The first-order chi connectivity index (χ1) is 9.11. The molecule has 19 heavy (non-hydrogen) atoms. The molecule has 0 aromatic carbocycles. The summed E-state index contributed by atoms with van der Waals surface area (Å²) in [6.45, 7) is 3.89. The second-order valence-electron chi connectivity index (χ2n) is 4.84. The first kappa shape index (κ1) is 15.9. The Bertz CT molecular complexity index is 309. The van der Waals surface area contributed by atoms with Crippen LogP contribution in [0.3, 0.4) is 0 Å². The Kier molecular flexibility index (Phi) is 6.80. The minimum Gasteiger partial charge on any atom is -0.481 e. The van der Waals surface area contributed by atoms with Crippen LogP contribution in [0.25, 0.3) is 0 Å². The third kappa shape index (κ3) is 4.47. The molecule has 0 saturated carbocycles. The van der Waals surface area contributed by atoms with E-state index in [1.54, 1.807) is 4.90 Å². The van der Waals surface area contributed by atoms with Gasteiger partial charge in [0.1, 0.15) is 5.92 Å². The molecule has 0 bridgehead atoms. The van der Waals surface area contributed by atoms with Crippen molar-refractivity contribution in [3.05, 3.63) is 0 Å². The van der Waals surface area contributed by atoms with Crippen LogP contribution in [0.2, 0.25) is 0 Å². The van der Waals surface area contributed by atoms with Gasteiger partial charge < -0.3 is 20.1 Å². The SMILES string of the molecule is CCCN(C(=O)CCCNC)C1COCC1C(=O)O. The number of aliphatic carboxylic acids is 1. The van der Waals surface area contributed by atoms with Crippen LogP contribution in [0.4, 0.5) is 0 Å². The molecule has 1 fully saturated rings. The Hall–Kier alpha value is -1.14. The summed E-state index contributed by atoms with van der Waals surface area (Å²) in [5.74, 6) is -1.45. The van der Waals surface area contributed by atoms with Crippen molar-refractivity contribution in [1.29, 1.82) is 0 Å². The molecule has 1 rings (SSSR count). The van der Waals surface area contributed by atoms with Gasteiger partial charge in [-0.1, -0.05) is 6.92 Å². The summed E-state index contributed by atoms with van der Waals surface area (Å²) in [4.78, 5) is 25.1. The van der Waals surface area contributed by atoms with E-state index in [4.69, 9.17) is 9.84 Å². The van der Waals surface area contributed by atoms with Crippen molar-refractivity contribution in [2.75, 3.05) is 33.4 Å². The summed E-state index contributed by atoms with van der Waals surface area (Å²) in [5, 5.41) is 12.2. The quantitative estimate of drug-likeness (QED) is 0.622. The second-order valence-corrected chi connectivity index (χ2v) is 4.84. The number of nitrogens with zero attached hydrogens (tertiary/aromatic N) is 1. The van der Waals surface area contributed by atoms with Crippen LogP contribution in [-0.4, -0.2) is 61.3 Å². The Morgan fingerprint density at radius 1 is 1.42 bits per heavy atom. The predicted octanol–water partition coefficient (Wildman–Crippen LogP) is 0.324. The average molecular weight is 272 g/mol. The van der Waals surface area contributed by atoms with E-state index < -0.39 is 11.9 Å². The Morgan fingerprint density at radius 2 is 2.16 bits per heavy atom. The standard InChI is InChI=1S/C13H24N2O4/c1-3-7-15(12(16)5-4-6-14-2)11-9-19-8-10(11)13(17)18/h10-11,14H,3-9H2,1-2H3,(H,17,18). The molecule has 2 atom stereocenters. The lowest BCUT2D eigenvalue weighted by Gasteiger charge is -2.30. The van der Waals surface area contributed by atoms with Gasteiger partial charge in [0.2, 0.25) is 5.91 Å². The van der Waals surface area contributed by atoms with E-state index in [0.717, 1.165) is 19.4 Å². The van der Waals surface area contributed by atoms with E-state index in [2.05, 4.69) is 5.32 Å². The van der Waals surface area contributed by atoms with Crippen molar-refractivity contribution in [2.24, 2.45) is 5.92 Å². The van der Waals surface area contributed by atoms with Gasteiger partial charge in [-0.3, -0.25) is 9.59 Å². The maximum absolute atomic E-state index is 12.2. The first-order valence-electron chi connectivity index (χ1n) is 6.86. The number of nitrogens with one attached hydrogen (secondary N) is 1. The third-order valence-corrected chi connectivity index (χ3v) is 3.37. The van der Waals surface area contributed by atoms with E-state index in [-0.39, 0.29) is 18.6 Å². The fourth-order valence-corrected chi connectivity index (χ4v) is 2.36. The first-order valence-corrected chi connectivity index (χ1v) is 6.86. The molecular weight excluding hydrogens is 248 g/mol. The summed E-state index contributed by atoms with van der Waals surface area (Å²) in [7, 11) is 1.85. The zero-order valence-corrected chi connectivity index (χ0v) is 11.7. The number of carboxylic acid groups (broad SMARTS) is 1. The van der Waals surface area contributed by atoms with Crippen molar-refractivity contribution in [2.45, 2.75) is 32.2 Å². The Balaban J connectivity index is 2.64. The van der Waals surface area contributed by atoms with Crippen LogP contribution in [0.15, 0.2) is 0 Å². The fourth-order valence-electron chi connectivity index (χ4n) is 2.36. The maximum atomic E-state index is 12.2. The summed E-state index contributed by atoms with van der Waals surface area (Å²) in [6, 6.07) is -0.320. The molecule has 2 N–H and O–H groups in total. The highest BCUT2D eigenvalue weighted by Crippen LogP contribution is 2.21. The van der Waals surface area contributed by atoms with Crippen LogP contribution in [0, 0.1) is 5.92 Å². The molecule has 1 aliphatic heterocycles. The third-order valence-electron chi connectivity index (χ3n) is 3.37. The molecule has 6 heteroatoms. The summed E-state index contributed by atoms with van der Waals surface area (Å²) in [5.41, 5.74) is 0. The molecule has 2 unspecified atom stereocenters. The van der Waals surface area contributed by atoms with Gasteiger partial charge in [0.25, 0.3) is 0 Å². The van der Waals surface area contributed by atoms with E-state index in [1.807, 2.05) is 14.0 Å². The summed E-state index contributed by atoms with van der Waals surface area (Å²) < 4.78 is 5.25. The van der Waals surface area contributed by atoms with Crippen molar-refractivity contribution >= 4 is 11.9 Å².